The summed E-state index contributed by atoms with van der Waals surface area (Å²) < 4.78 is 0. The van der Waals surface area contributed by atoms with Crippen molar-refractivity contribution in [2.75, 3.05) is 13.6 Å². The lowest BCUT2D eigenvalue weighted by Gasteiger charge is -2.10. The van der Waals surface area contributed by atoms with Gasteiger partial charge in [-0.2, -0.15) is 0 Å². The van der Waals surface area contributed by atoms with E-state index in [1.54, 1.807) is 24.3 Å². The first-order valence-corrected chi connectivity index (χ1v) is 7.37. The van der Waals surface area contributed by atoms with Crippen LogP contribution in [0.1, 0.15) is 22.3 Å². The largest absolute Gasteiger partial charge is 0.345 e. The molecule has 1 saturated heterocycles. The van der Waals surface area contributed by atoms with Crippen LogP contribution in [-0.2, 0) is 4.79 Å². The fourth-order valence-electron chi connectivity index (χ4n) is 2.82. The Morgan fingerprint density at radius 3 is 2.73 bits per heavy atom. The van der Waals surface area contributed by atoms with Crippen molar-refractivity contribution in [1.29, 1.82) is 0 Å². The summed E-state index contributed by atoms with van der Waals surface area (Å²) in [7, 11) is 1.73. The molecule has 4 heteroatoms. The number of carbonyl (C=O) groups excluding carboxylic acids is 2. The zero-order valence-corrected chi connectivity index (χ0v) is 12.7. The van der Waals surface area contributed by atoms with E-state index >= 15 is 0 Å². The molecule has 0 radical (unpaired) electrons. The van der Waals surface area contributed by atoms with Crippen molar-refractivity contribution in [2.24, 2.45) is 5.92 Å². The predicted molar refractivity (Wildman–Crippen MR) is 84.5 cm³/mol. The maximum absolute atomic E-state index is 12.6. The van der Waals surface area contributed by atoms with Crippen LogP contribution in [0.2, 0.25) is 0 Å². The van der Waals surface area contributed by atoms with Crippen molar-refractivity contribution >= 4 is 11.7 Å². The zero-order valence-electron chi connectivity index (χ0n) is 12.7. The van der Waals surface area contributed by atoms with E-state index in [4.69, 9.17) is 0 Å². The summed E-state index contributed by atoms with van der Waals surface area (Å²) in [5.74, 6) is -0.776. The van der Waals surface area contributed by atoms with Crippen molar-refractivity contribution < 1.29 is 9.59 Å². The molecule has 3 rings (SSSR count). The van der Waals surface area contributed by atoms with Gasteiger partial charge in [0.1, 0.15) is 5.92 Å². The lowest BCUT2D eigenvalue weighted by molar-refractivity contribution is -0.128. The monoisotopic (exact) mass is 294 g/mol. The van der Waals surface area contributed by atoms with Gasteiger partial charge in [-0.05, 0) is 25.0 Å². The summed E-state index contributed by atoms with van der Waals surface area (Å²) in [5, 5.41) is 0. The first-order chi connectivity index (χ1) is 10.6. The summed E-state index contributed by atoms with van der Waals surface area (Å²) in [6.45, 7) is 2.67. The Labute approximate surface area is 129 Å². The van der Waals surface area contributed by atoms with Crippen LogP contribution in [0, 0.1) is 12.8 Å². The molecule has 0 spiro atoms. The van der Waals surface area contributed by atoms with Crippen molar-refractivity contribution in [2.45, 2.75) is 13.3 Å². The van der Waals surface area contributed by atoms with Crippen LogP contribution >= 0.6 is 0 Å². The number of pyridine rings is 1. The lowest BCUT2D eigenvalue weighted by Crippen LogP contribution is -2.27. The highest BCUT2D eigenvalue weighted by Gasteiger charge is 2.35. The van der Waals surface area contributed by atoms with Gasteiger partial charge in [-0.15, -0.1) is 0 Å². The average Bonchev–Trinajstić information content (AvgIpc) is 2.86. The minimum atomic E-state index is -0.556. The van der Waals surface area contributed by atoms with Gasteiger partial charge in [0.25, 0.3) is 0 Å². The van der Waals surface area contributed by atoms with Crippen molar-refractivity contribution in [3.05, 3.63) is 53.9 Å². The van der Waals surface area contributed by atoms with Crippen LogP contribution in [0.15, 0.2) is 42.7 Å². The molecule has 0 bridgehead atoms. The van der Waals surface area contributed by atoms with Gasteiger partial charge >= 0.3 is 0 Å². The Morgan fingerprint density at radius 1 is 1.23 bits per heavy atom. The van der Waals surface area contributed by atoms with E-state index in [0.717, 1.165) is 16.7 Å². The molecule has 1 atom stereocenters. The maximum Gasteiger partial charge on any atom is 0.233 e. The number of rotatable bonds is 3. The predicted octanol–water partition coefficient (Wildman–Crippen LogP) is 2.72. The molecule has 1 unspecified atom stereocenters. The smallest absolute Gasteiger partial charge is 0.233 e. The third-order valence-corrected chi connectivity index (χ3v) is 4.12. The van der Waals surface area contributed by atoms with Crippen LogP contribution in [0.5, 0.6) is 0 Å². The van der Waals surface area contributed by atoms with Crippen LogP contribution in [0.25, 0.3) is 11.1 Å². The second-order valence-corrected chi connectivity index (χ2v) is 5.80. The molecule has 1 fully saturated rings. The molecular formula is C18H18N2O2. The van der Waals surface area contributed by atoms with Gasteiger partial charge in [0, 0.05) is 37.1 Å². The summed E-state index contributed by atoms with van der Waals surface area (Å²) in [5.41, 5.74) is 3.58. The number of hydrogen-bond donors (Lipinski definition) is 0. The van der Waals surface area contributed by atoms with E-state index < -0.39 is 5.92 Å². The Balaban J connectivity index is 1.91. The number of benzene rings is 1. The molecule has 22 heavy (non-hydrogen) atoms. The molecule has 0 N–H and O–H groups in total. The van der Waals surface area contributed by atoms with Crippen LogP contribution in [-0.4, -0.2) is 35.2 Å². The van der Waals surface area contributed by atoms with Crippen molar-refractivity contribution in [3.63, 3.8) is 0 Å². The number of ketones is 1. The first-order valence-electron chi connectivity index (χ1n) is 7.37. The fraction of sp³-hybridized carbons (Fsp3) is 0.278. The van der Waals surface area contributed by atoms with Gasteiger partial charge in [-0.3, -0.25) is 14.6 Å². The second-order valence-electron chi connectivity index (χ2n) is 5.80. The molecule has 1 aromatic carbocycles. The Hall–Kier alpha value is -2.49. The van der Waals surface area contributed by atoms with Crippen LogP contribution in [0.3, 0.4) is 0 Å². The highest BCUT2D eigenvalue weighted by molar-refractivity contribution is 6.11. The fourth-order valence-corrected chi connectivity index (χ4v) is 2.82. The normalized spacial score (nSPS) is 17.8. The summed E-state index contributed by atoms with van der Waals surface area (Å²) in [4.78, 5) is 30.4. The number of carbonyl (C=O) groups is 2. The maximum atomic E-state index is 12.6. The molecule has 1 aliphatic heterocycles. The Morgan fingerprint density at radius 2 is 2.05 bits per heavy atom. The van der Waals surface area contributed by atoms with Gasteiger partial charge in [0.2, 0.25) is 5.91 Å². The summed E-state index contributed by atoms with van der Waals surface area (Å²) in [6.07, 6.45) is 3.88. The number of aryl methyl sites for hydroxylation is 1. The van der Waals surface area contributed by atoms with Gasteiger partial charge in [0.05, 0.1) is 0 Å². The number of likely N-dealkylation sites (tertiary alicyclic amines) is 1. The number of hydrogen-bond acceptors (Lipinski definition) is 3. The topological polar surface area (TPSA) is 50.3 Å². The third kappa shape index (κ3) is 2.64. The van der Waals surface area contributed by atoms with Crippen LogP contribution in [0.4, 0.5) is 0 Å². The quantitative estimate of drug-likeness (QED) is 0.646. The zero-order chi connectivity index (χ0) is 15.7. The summed E-state index contributed by atoms with van der Waals surface area (Å²) in [6, 6.07) is 9.88. The molecule has 1 aromatic heterocycles. The van der Waals surface area contributed by atoms with Gasteiger partial charge in [0.15, 0.2) is 5.78 Å². The molecule has 0 saturated carbocycles. The minimum absolute atomic E-state index is 0.0917. The van der Waals surface area contributed by atoms with E-state index in [9.17, 15) is 9.59 Å². The number of aromatic nitrogens is 1. The Bertz CT molecular complexity index is 739. The number of amides is 1. The highest BCUT2D eigenvalue weighted by atomic mass is 16.2. The lowest BCUT2D eigenvalue weighted by atomic mass is 9.95. The molecule has 1 aliphatic rings. The molecule has 0 aliphatic carbocycles. The summed E-state index contributed by atoms with van der Waals surface area (Å²) >= 11 is 0. The van der Waals surface area contributed by atoms with Crippen LogP contribution < -0.4 is 0 Å². The van der Waals surface area contributed by atoms with Crippen molar-refractivity contribution in [1.82, 2.24) is 9.88 Å². The van der Waals surface area contributed by atoms with E-state index in [0.29, 0.717) is 18.5 Å². The molecule has 2 heterocycles. The van der Waals surface area contributed by atoms with Gasteiger partial charge in [-0.1, -0.05) is 29.8 Å². The molecule has 4 nitrogen and oxygen atoms in total. The highest BCUT2D eigenvalue weighted by Crippen LogP contribution is 2.24. The SMILES string of the molecule is Cc1cccc(-c2cncc(C(=O)C3CCN(C)C3=O)c2)c1. The molecular weight excluding hydrogens is 276 g/mol. The first kappa shape index (κ1) is 14.4. The van der Waals surface area contributed by atoms with Gasteiger partial charge < -0.3 is 4.90 Å². The van der Waals surface area contributed by atoms with E-state index in [2.05, 4.69) is 11.1 Å². The van der Waals surface area contributed by atoms with E-state index in [-0.39, 0.29) is 11.7 Å². The minimum Gasteiger partial charge on any atom is -0.345 e. The third-order valence-electron chi connectivity index (χ3n) is 4.12. The standard InChI is InChI=1S/C18H18N2O2/c1-12-4-3-5-13(8-12)14-9-15(11-19-10-14)17(21)16-6-7-20(2)18(16)22/h3-5,8-11,16H,6-7H2,1-2H3. The Kier molecular flexibility index (Phi) is 3.75. The average molecular weight is 294 g/mol. The molecule has 2 aromatic rings. The van der Waals surface area contributed by atoms with Gasteiger partial charge in [-0.25, -0.2) is 0 Å². The molecule has 1 amide bonds. The second kappa shape index (κ2) is 5.72. The molecule has 112 valence electrons. The van der Waals surface area contributed by atoms with E-state index in [1.807, 2.05) is 31.2 Å². The van der Waals surface area contributed by atoms with Crippen molar-refractivity contribution in [3.8, 4) is 11.1 Å². The number of nitrogens with zero attached hydrogens (tertiary/aromatic N) is 2. The number of Topliss-reactive ketones (excluding diaryl/α,β-unsaturated/α-hetero) is 1. The van der Waals surface area contributed by atoms with E-state index in [1.165, 1.54) is 0 Å².